The Bertz CT molecular complexity index is 720. The third-order valence-electron chi connectivity index (χ3n) is 4.66. The van der Waals surface area contributed by atoms with Gasteiger partial charge in [-0.1, -0.05) is 19.0 Å². The zero-order valence-electron chi connectivity index (χ0n) is 14.8. The lowest BCUT2D eigenvalue weighted by Gasteiger charge is -2.32. The molecule has 0 bridgehead atoms. The molecule has 0 saturated carbocycles. The van der Waals surface area contributed by atoms with E-state index in [0.717, 1.165) is 19.5 Å². The van der Waals surface area contributed by atoms with Crippen LogP contribution in [0.4, 0.5) is 0 Å². The summed E-state index contributed by atoms with van der Waals surface area (Å²) < 4.78 is 5.31. The lowest BCUT2D eigenvalue weighted by Crippen LogP contribution is -2.44. The van der Waals surface area contributed by atoms with E-state index in [1.807, 2.05) is 32.1 Å². The second-order valence-corrected chi connectivity index (χ2v) is 7.81. The van der Waals surface area contributed by atoms with Crippen LogP contribution in [0.1, 0.15) is 58.9 Å². The van der Waals surface area contributed by atoms with Gasteiger partial charge in [0.15, 0.2) is 5.76 Å². The van der Waals surface area contributed by atoms with Gasteiger partial charge in [-0.15, -0.1) is 11.3 Å². The molecule has 0 fully saturated rings. The van der Waals surface area contributed by atoms with E-state index in [1.54, 1.807) is 0 Å². The van der Waals surface area contributed by atoms with E-state index >= 15 is 0 Å². The van der Waals surface area contributed by atoms with E-state index < -0.39 is 0 Å². The summed E-state index contributed by atoms with van der Waals surface area (Å²) in [5, 5.41) is 9.18. The summed E-state index contributed by atoms with van der Waals surface area (Å²) in [6, 6.07) is 2.51. The van der Waals surface area contributed by atoms with Crippen molar-refractivity contribution < 1.29 is 9.32 Å². The van der Waals surface area contributed by atoms with Gasteiger partial charge in [0.1, 0.15) is 5.56 Å². The Morgan fingerprint density at radius 1 is 1.46 bits per heavy atom. The maximum atomic E-state index is 12.6. The van der Waals surface area contributed by atoms with Gasteiger partial charge in [0.05, 0.1) is 5.69 Å². The monoisotopic (exact) mass is 347 g/mol. The largest absolute Gasteiger partial charge is 0.360 e. The number of hydrogen-bond acceptors (Lipinski definition) is 5. The molecule has 0 aliphatic carbocycles. The molecule has 1 amide bonds. The number of rotatable bonds is 5. The Morgan fingerprint density at radius 2 is 2.25 bits per heavy atom. The molecule has 5 nitrogen and oxygen atoms in total. The van der Waals surface area contributed by atoms with Gasteiger partial charge in [-0.05, 0) is 37.3 Å². The number of carbonyl (C=O) groups excluding carboxylic acids is 1. The van der Waals surface area contributed by atoms with Crippen LogP contribution in [0.15, 0.2) is 16.0 Å². The maximum Gasteiger partial charge on any atom is 0.256 e. The molecule has 1 atom stereocenters. The SMILES string of the molecule is Cc1noc(C(C)C)c1C(=O)NC[C@@H](C)N1CCc2sccc2C1. The highest BCUT2D eigenvalue weighted by molar-refractivity contribution is 7.10. The lowest BCUT2D eigenvalue weighted by atomic mass is 10.0. The average molecular weight is 347 g/mol. The first-order chi connectivity index (χ1) is 11.5. The Labute approximate surface area is 147 Å². The summed E-state index contributed by atoms with van der Waals surface area (Å²) in [4.78, 5) is 16.5. The molecule has 3 rings (SSSR count). The van der Waals surface area contributed by atoms with E-state index in [2.05, 4.69) is 33.7 Å². The normalized spacial score (nSPS) is 16.2. The minimum Gasteiger partial charge on any atom is -0.360 e. The number of nitrogens with zero attached hydrogens (tertiary/aromatic N) is 2. The highest BCUT2D eigenvalue weighted by Gasteiger charge is 2.25. The van der Waals surface area contributed by atoms with Crippen molar-refractivity contribution in [3.05, 3.63) is 38.9 Å². The zero-order chi connectivity index (χ0) is 17.3. The van der Waals surface area contributed by atoms with Crippen molar-refractivity contribution in [2.24, 2.45) is 0 Å². The van der Waals surface area contributed by atoms with Crippen LogP contribution in [-0.4, -0.2) is 35.1 Å². The molecule has 6 heteroatoms. The fourth-order valence-corrected chi connectivity index (χ4v) is 4.05. The molecule has 0 aromatic carbocycles. The minimum absolute atomic E-state index is 0.0856. The fourth-order valence-electron chi connectivity index (χ4n) is 3.16. The molecule has 1 N–H and O–H groups in total. The van der Waals surface area contributed by atoms with E-state index in [-0.39, 0.29) is 11.8 Å². The van der Waals surface area contributed by atoms with Gasteiger partial charge in [-0.25, -0.2) is 0 Å². The summed E-state index contributed by atoms with van der Waals surface area (Å²) in [5.74, 6) is 0.722. The smallest absolute Gasteiger partial charge is 0.256 e. The molecule has 0 unspecified atom stereocenters. The van der Waals surface area contributed by atoms with Crippen molar-refractivity contribution in [2.75, 3.05) is 13.1 Å². The van der Waals surface area contributed by atoms with Crippen LogP contribution < -0.4 is 5.32 Å². The predicted octanol–water partition coefficient (Wildman–Crippen LogP) is 3.34. The van der Waals surface area contributed by atoms with Gasteiger partial charge in [-0.3, -0.25) is 9.69 Å². The number of carbonyl (C=O) groups is 1. The van der Waals surface area contributed by atoms with Gasteiger partial charge in [0.2, 0.25) is 0 Å². The second-order valence-electron chi connectivity index (χ2n) is 6.81. The first kappa shape index (κ1) is 17.2. The van der Waals surface area contributed by atoms with Gasteiger partial charge in [-0.2, -0.15) is 0 Å². The van der Waals surface area contributed by atoms with Crippen molar-refractivity contribution in [3.8, 4) is 0 Å². The Kier molecular flexibility index (Phi) is 5.06. The number of amides is 1. The Balaban J connectivity index is 1.60. The Hall–Kier alpha value is -1.66. The first-order valence-corrected chi connectivity index (χ1v) is 9.39. The lowest BCUT2D eigenvalue weighted by molar-refractivity contribution is 0.0929. The molecule has 3 heterocycles. The molecule has 2 aromatic rings. The number of hydrogen-bond donors (Lipinski definition) is 1. The number of thiophene rings is 1. The second kappa shape index (κ2) is 7.07. The van der Waals surface area contributed by atoms with Gasteiger partial charge >= 0.3 is 0 Å². The predicted molar refractivity (Wildman–Crippen MR) is 95.6 cm³/mol. The quantitative estimate of drug-likeness (QED) is 0.901. The summed E-state index contributed by atoms with van der Waals surface area (Å²) in [7, 11) is 0. The third kappa shape index (κ3) is 3.39. The first-order valence-electron chi connectivity index (χ1n) is 8.51. The molecular weight excluding hydrogens is 322 g/mol. The van der Waals surface area contributed by atoms with Crippen molar-refractivity contribution >= 4 is 17.2 Å². The van der Waals surface area contributed by atoms with E-state index in [4.69, 9.17) is 4.52 Å². The van der Waals surface area contributed by atoms with E-state index in [0.29, 0.717) is 29.6 Å². The van der Waals surface area contributed by atoms with E-state index in [9.17, 15) is 4.79 Å². The molecule has 0 spiro atoms. The van der Waals surface area contributed by atoms with Crippen LogP contribution in [0.25, 0.3) is 0 Å². The molecule has 1 aliphatic rings. The molecule has 1 aliphatic heterocycles. The molecule has 130 valence electrons. The third-order valence-corrected chi connectivity index (χ3v) is 5.68. The van der Waals surface area contributed by atoms with Crippen molar-refractivity contribution in [1.82, 2.24) is 15.4 Å². The van der Waals surface area contributed by atoms with Crippen molar-refractivity contribution in [2.45, 2.75) is 52.6 Å². The van der Waals surface area contributed by atoms with Crippen LogP contribution in [0.5, 0.6) is 0 Å². The van der Waals surface area contributed by atoms with Crippen LogP contribution in [-0.2, 0) is 13.0 Å². The summed E-state index contributed by atoms with van der Waals surface area (Å²) >= 11 is 1.85. The van der Waals surface area contributed by atoms with Gasteiger partial charge in [0.25, 0.3) is 5.91 Å². The van der Waals surface area contributed by atoms with Crippen LogP contribution in [0, 0.1) is 6.92 Å². The number of fused-ring (bicyclic) bond motifs is 1. The number of aryl methyl sites for hydroxylation is 1. The maximum absolute atomic E-state index is 12.6. The highest BCUT2D eigenvalue weighted by atomic mass is 32.1. The molecule has 24 heavy (non-hydrogen) atoms. The average Bonchev–Trinajstić information content (AvgIpc) is 3.17. The minimum atomic E-state index is -0.0856. The van der Waals surface area contributed by atoms with Crippen molar-refractivity contribution in [1.29, 1.82) is 0 Å². The Morgan fingerprint density at radius 3 is 3.00 bits per heavy atom. The van der Waals surface area contributed by atoms with Crippen LogP contribution in [0.3, 0.4) is 0 Å². The van der Waals surface area contributed by atoms with Crippen LogP contribution >= 0.6 is 11.3 Å². The van der Waals surface area contributed by atoms with Gasteiger partial charge < -0.3 is 9.84 Å². The number of aromatic nitrogens is 1. The topological polar surface area (TPSA) is 58.4 Å². The van der Waals surface area contributed by atoms with Crippen molar-refractivity contribution in [3.63, 3.8) is 0 Å². The van der Waals surface area contributed by atoms with Gasteiger partial charge in [0, 0.05) is 36.5 Å². The standard InChI is InChI=1S/C18H25N3O2S/c1-11(2)17-16(13(4)20-23-17)18(22)19-9-12(3)21-7-5-15-14(10-21)6-8-24-15/h6,8,11-12H,5,7,9-10H2,1-4H3,(H,19,22)/t12-/m1/s1. The molecular formula is C18H25N3O2S. The molecule has 0 saturated heterocycles. The zero-order valence-corrected chi connectivity index (χ0v) is 15.6. The fraction of sp³-hybridized carbons (Fsp3) is 0.556. The summed E-state index contributed by atoms with van der Waals surface area (Å²) in [6.07, 6.45) is 1.10. The molecule has 0 radical (unpaired) electrons. The summed E-state index contributed by atoms with van der Waals surface area (Å²) in [5.41, 5.74) is 2.68. The van der Waals surface area contributed by atoms with Crippen LogP contribution in [0.2, 0.25) is 0 Å². The highest BCUT2D eigenvalue weighted by Crippen LogP contribution is 2.25. The van der Waals surface area contributed by atoms with E-state index in [1.165, 1.54) is 10.4 Å². The number of nitrogens with one attached hydrogen (secondary N) is 1. The molecule has 2 aromatic heterocycles. The summed E-state index contributed by atoms with van der Waals surface area (Å²) in [6.45, 7) is 10.6.